The average Bonchev–Trinajstić information content (AvgIpc) is 2.17. The van der Waals surface area contributed by atoms with Gasteiger partial charge in [-0.25, -0.2) is 9.97 Å². The van der Waals surface area contributed by atoms with Crippen molar-refractivity contribution < 1.29 is 0 Å². The van der Waals surface area contributed by atoms with Crippen molar-refractivity contribution in [1.82, 2.24) is 9.97 Å². The predicted octanol–water partition coefficient (Wildman–Crippen LogP) is 2.00. The lowest BCUT2D eigenvalue weighted by molar-refractivity contribution is 0.741. The van der Waals surface area contributed by atoms with Crippen LogP contribution < -0.4 is 4.90 Å². The van der Waals surface area contributed by atoms with Crippen LogP contribution in [-0.2, 0) is 0 Å². The summed E-state index contributed by atoms with van der Waals surface area (Å²) in [6.07, 6.45) is 3.67. The van der Waals surface area contributed by atoms with E-state index in [0.717, 1.165) is 16.8 Å². The normalized spacial score (nSPS) is 12.6. The molecule has 0 saturated heterocycles. The molecule has 0 aliphatic heterocycles. The van der Waals surface area contributed by atoms with Crippen molar-refractivity contribution in [3.63, 3.8) is 0 Å². The van der Waals surface area contributed by atoms with Gasteiger partial charge in [0.1, 0.15) is 0 Å². The molecular weight excluding hydrogens is 230 g/mol. The molecule has 1 heterocycles. The van der Waals surface area contributed by atoms with Crippen LogP contribution >= 0.6 is 15.9 Å². The number of hydrogen-bond donors (Lipinski definition) is 0. The second-order valence-electron chi connectivity index (χ2n) is 3.17. The van der Waals surface area contributed by atoms with Crippen LogP contribution in [0.15, 0.2) is 12.4 Å². The molecule has 1 unspecified atom stereocenters. The molecule has 1 rings (SSSR count). The maximum absolute atomic E-state index is 4.24. The summed E-state index contributed by atoms with van der Waals surface area (Å²) in [4.78, 5) is 10.5. The molecule has 0 spiro atoms. The SMILES string of the molecule is Cc1cnc(N(C)C(C)CBr)nc1. The maximum atomic E-state index is 4.24. The molecule has 0 aromatic carbocycles. The zero-order valence-electron chi connectivity index (χ0n) is 8.16. The fourth-order valence-corrected chi connectivity index (χ4v) is 1.30. The van der Waals surface area contributed by atoms with Crippen LogP contribution in [0.1, 0.15) is 12.5 Å². The molecule has 0 fully saturated rings. The summed E-state index contributed by atoms with van der Waals surface area (Å²) in [6.45, 7) is 4.11. The molecule has 1 aromatic rings. The molecule has 4 heteroatoms. The average molecular weight is 244 g/mol. The first-order valence-corrected chi connectivity index (χ1v) is 5.34. The van der Waals surface area contributed by atoms with Crippen LogP contribution in [-0.4, -0.2) is 28.4 Å². The Labute approximate surface area is 87.3 Å². The summed E-state index contributed by atoms with van der Waals surface area (Å²) >= 11 is 3.43. The molecule has 72 valence electrons. The van der Waals surface area contributed by atoms with Crippen LogP contribution in [0.3, 0.4) is 0 Å². The van der Waals surface area contributed by atoms with Crippen molar-refractivity contribution in [3.05, 3.63) is 18.0 Å². The van der Waals surface area contributed by atoms with Gasteiger partial charge in [0.15, 0.2) is 0 Å². The Bertz CT molecular complexity index is 260. The second-order valence-corrected chi connectivity index (χ2v) is 3.82. The van der Waals surface area contributed by atoms with Crippen molar-refractivity contribution in [2.45, 2.75) is 19.9 Å². The predicted molar refractivity (Wildman–Crippen MR) is 58.4 cm³/mol. The first-order valence-electron chi connectivity index (χ1n) is 4.22. The van der Waals surface area contributed by atoms with E-state index in [1.807, 2.05) is 31.3 Å². The van der Waals surface area contributed by atoms with Gasteiger partial charge in [-0.1, -0.05) is 15.9 Å². The molecule has 0 bridgehead atoms. The van der Waals surface area contributed by atoms with Gasteiger partial charge in [-0.05, 0) is 19.4 Å². The van der Waals surface area contributed by atoms with Gasteiger partial charge in [-0.3, -0.25) is 0 Å². The third kappa shape index (κ3) is 2.66. The Balaban J connectivity index is 2.77. The summed E-state index contributed by atoms with van der Waals surface area (Å²) in [7, 11) is 2.00. The largest absolute Gasteiger partial charge is 0.340 e. The number of aromatic nitrogens is 2. The van der Waals surface area contributed by atoms with Gasteiger partial charge in [0.25, 0.3) is 0 Å². The molecule has 1 aromatic heterocycles. The smallest absolute Gasteiger partial charge is 0.225 e. The first-order chi connectivity index (χ1) is 6.15. The number of aryl methyl sites for hydroxylation is 1. The molecule has 13 heavy (non-hydrogen) atoms. The van der Waals surface area contributed by atoms with Gasteiger partial charge in [0.2, 0.25) is 5.95 Å². The van der Waals surface area contributed by atoms with Crippen LogP contribution in [0.4, 0.5) is 5.95 Å². The van der Waals surface area contributed by atoms with Crippen molar-refractivity contribution in [1.29, 1.82) is 0 Å². The lowest BCUT2D eigenvalue weighted by atomic mass is 10.3. The fraction of sp³-hybridized carbons (Fsp3) is 0.556. The van der Waals surface area contributed by atoms with Gasteiger partial charge in [0, 0.05) is 30.8 Å². The minimum absolute atomic E-state index is 0.405. The Morgan fingerprint density at radius 3 is 2.46 bits per heavy atom. The summed E-state index contributed by atoms with van der Waals surface area (Å²) in [5.41, 5.74) is 1.09. The summed E-state index contributed by atoms with van der Waals surface area (Å²) < 4.78 is 0. The van der Waals surface area contributed by atoms with E-state index in [1.165, 1.54) is 0 Å². The highest BCUT2D eigenvalue weighted by Crippen LogP contribution is 2.09. The minimum atomic E-state index is 0.405. The molecule has 1 atom stereocenters. The third-order valence-corrected chi connectivity index (χ3v) is 2.90. The minimum Gasteiger partial charge on any atom is -0.340 e. The fourth-order valence-electron chi connectivity index (χ4n) is 0.869. The van der Waals surface area contributed by atoms with E-state index in [-0.39, 0.29) is 0 Å². The quantitative estimate of drug-likeness (QED) is 0.761. The van der Waals surface area contributed by atoms with E-state index in [4.69, 9.17) is 0 Å². The Morgan fingerprint density at radius 2 is 2.00 bits per heavy atom. The van der Waals surface area contributed by atoms with Crippen LogP contribution in [0.5, 0.6) is 0 Å². The lowest BCUT2D eigenvalue weighted by Crippen LogP contribution is -2.31. The monoisotopic (exact) mass is 243 g/mol. The zero-order chi connectivity index (χ0) is 9.84. The lowest BCUT2D eigenvalue weighted by Gasteiger charge is -2.22. The number of halogens is 1. The summed E-state index contributed by atoms with van der Waals surface area (Å²) in [6, 6.07) is 0.405. The van der Waals surface area contributed by atoms with Gasteiger partial charge in [0.05, 0.1) is 0 Å². The summed E-state index contributed by atoms with van der Waals surface area (Å²) in [5, 5.41) is 0.917. The van der Waals surface area contributed by atoms with E-state index in [0.29, 0.717) is 6.04 Å². The Kier molecular flexibility index (Phi) is 3.66. The van der Waals surface area contributed by atoms with Crippen molar-refractivity contribution >= 4 is 21.9 Å². The molecule has 0 aliphatic rings. The zero-order valence-corrected chi connectivity index (χ0v) is 9.74. The van der Waals surface area contributed by atoms with Crippen molar-refractivity contribution in [2.24, 2.45) is 0 Å². The highest BCUT2D eigenvalue weighted by Gasteiger charge is 2.09. The van der Waals surface area contributed by atoms with E-state index >= 15 is 0 Å². The molecule has 3 nitrogen and oxygen atoms in total. The van der Waals surface area contributed by atoms with E-state index in [2.05, 4.69) is 32.8 Å². The first kappa shape index (κ1) is 10.4. The maximum Gasteiger partial charge on any atom is 0.225 e. The van der Waals surface area contributed by atoms with Crippen molar-refractivity contribution in [3.8, 4) is 0 Å². The number of rotatable bonds is 3. The van der Waals surface area contributed by atoms with Crippen molar-refractivity contribution in [2.75, 3.05) is 17.3 Å². The Morgan fingerprint density at radius 1 is 1.46 bits per heavy atom. The molecule has 0 N–H and O–H groups in total. The van der Waals surface area contributed by atoms with Gasteiger partial charge in [-0.15, -0.1) is 0 Å². The number of anilines is 1. The number of nitrogens with zero attached hydrogens (tertiary/aromatic N) is 3. The number of alkyl halides is 1. The van der Waals surface area contributed by atoms with E-state index < -0.39 is 0 Å². The molecule has 0 aliphatic carbocycles. The topological polar surface area (TPSA) is 29.0 Å². The molecular formula is C9H14BrN3. The highest BCUT2D eigenvalue weighted by atomic mass is 79.9. The van der Waals surface area contributed by atoms with Crippen LogP contribution in [0.2, 0.25) is 0 Å². The molecule has 0 saturated carbocycles. The highest BCUT2D eigenvalue weighted by molar-refractivity contribution is 9.09. The molecule has 0 radical (unpaired) electrons. The number of hydrogen-bond acceptors (Lipinski definition) is 3. The van der Waals surface area contributed by atoms with E-state index in [1.54, 1.807) is 0 Å². The van der Waals surface area contributed by atoms with Crippen LogP contribution in [0.25, 0.3) is 0 Å². The van der Waals surface area contributed by atoms with Gasteiger partial charge < -0.3 is 4.90 Å². The Hall–Kier alpha value is -0.640. The summed E-state index contributed by atoms with van der Waals surface area (Å²) in [5.74, 6) is 0.776. The van der Waals surface area contributed by atoms with Gasteiger partial charge in [-0.2, -0.15) is 0 Å². The van der Waals surface area contributed by atoms with E-state index in [9.17, 15) is 0 Å². The third-order valence-electron chi connectivity index (χ3n) is 1.97. The molecule has 0 amide bonds. The van der Waals surface area contributed by atoms with Gasteiger partial charge >= 0.3 is 0 Å². The standard InChI is InChI=1S/C9H14BrN3/c1-7-5-11-9(12-6-7)13(3)8(2)4-10/h5-6,8H,4H2,1-3H3. The second kappa shape index (κ2) is 4.56. The van der Waals surface area contributed by atoms with Crippen LogP contribution in [0, 0.1) is 6.92 Å².